The summed E-state index contributed by atoms with van der Waals surface area (Å²) in [5.41, 5.74) is 7.16. The summed E-state index contributed by atoms with van der Waals surface area (Å²) in [6, 6.07) is 5.19. The van der Waals surface area contributed by atoms with E-state index in [1.807, 2.05) is 6.92 Å². The van der Waals surface area contributed by atoms with Crippen LogP contribution < -0.4 is 10.6 Å². The van der Waals surface area contributed by atoms with Crippen LogP contribution in [0.25, 0.3) is 0 Å². The Bertz CT molecular complexity index is 472. The van der Waals surface area contributed by atoms with Gasteiger partial charge in [-0.15, -0.1) is 11.8 Å². The summed E-state index contributed by atoms with van der Waals surface area (Å²) in [5, 5.41) is 0.586. The maximum atomic E-state index is 12.5. The third-order valence-electron chi connectivity index (χ3n) is 3.33. The molecule has 1 aliphatic rings. The number of carbonyl (C=O) groups is 1. The monoisotopic (exact) mass is 284 g/mol. The molecule has 2 N–H and O–H groups in total. The van der Waals surface area contributed by atoms with Gasteiger partial charge in [0.1, 0.15) is 0 Å². The summed E-state index contributed by atoms with van der Waals surface area (Å²) in [4.78, 5) is 14.2. The zero-order valence-electron chi connectivity index (χ0n) is 10.6. The Balaban J connectivity index is 2.28. The first-order valence-corrected chi connectivity index (χ1v) is 7.27. The summed E-state index contributed by atoms with van der Waals surface area (Å²) in [7, 11) is 1.76. The second-order valence-electron chi connectivity index (χ2n) is 4.75. The number of hydrogen-bond acceptors (Lipinski definition) is 3. The molecule has 1 aromatic carbocycles. The number of nitrogens with zero attached hydrogens (tertiary/aromatic N) is 1. The average Bonchev–Trinajstić information content (AvgIpc) is 2.79. The minimum Gasteiger partial charge on any atom is -0.397 e. The molecule has 0 aliphatic carbocycles. The molecule has 0 aromatic heterocycles. The second-order valence-corrected chi connectivity index (χ2v) is 6.78. The molecule has 18 heavy (non-hydrogen) atoms. The zero-order chi connectivity index (χ0) is 13.3. The van der Waals surface area contributed by atoms with Crippen LogP contribution in [-0.2, 0) is 4.79 Å². The number of hydrogen-bond donors (Lipinski definition) is 1. The van der Waals surface area contributed by atoms with Gasteiger partial charge in [0.2, 0.25) is 5.91 Å². The van der Waals surface area contributed by atoms with Crippen molar-refractivity contribution in [3.05, 3.63) is 23.2 Å². The third kappa shape index (κ3) is 2.45. The first-order chi connectivity index (χ1) is 8.44. The van der Waals surface area contributed by atoms with Crippen molar-refractivity contribution in [1.29, 1.82) is 0 Å². The highest BCUT2D eigenvalue weighted by Gasteiger charge is 2.39. The molecule has 98 valence electrons. The molecule has 2 rings (SSSR count). The second kappa shape index (κ2) is 5.02. The number of rotatable bonds is 2. The first-order valence-electron chi connectivity index (χ1n) is 5.91. The van der Waals surface area contributed by atoms with E-state index in [9.17, 15) is 4.79 Å². The van der Waals surface area contributed by atoms with Crippen molar-refractivity contribution in [3.63, 3.8) is 0 Å². The molecule has 0 bridgehead atoms. The van der Waals surface area contributed by atoms with Crippen LogP contribution in [0.15, 0.2) is 18.2 Å². The van der Waals surface area contributed by atoms with E-state index in [0.717, 1.165) is 18.6 Å². The summed E-state index contributed by atoms with van der Waals surface area (Å²) in [5.74, 6) is 1.14. The number of halogens is 1. The molecule has 0 radical (unpaired) electrons. The predicted octanol–water partition coefficient (Wildman–Crippen LogP) is 3.17. The maximum absolute atomic E-state index is 12.5. The van der Waals surface area contributed by atoms with Gasteiger partial charge in [0.15, 0.2) is 0 Å². The smallest absolute Gasteiger partial charge is 0.242 e. The van der Waals surface area contributed by atoms with Crippen LogP contribution >= 0.6 is 23.4 Å². The summed E-state index contributed by atoms with van der Waals surface area (Å²) in [6.45, 7) is 2.00. The van der Waals surface area contributed by atoms with Gasteiger partial charge in [-0.25, -0.2) is 0 Å². The molecule has 1 aromatic rings. The quantitative estimate of drug-likeness (QED) is 0.849. The van der Waals surface area contributed by atoms with E-state index < -0.39 is 0 Å². The first kappa shape index (κ1) is 13.6. The van der Waals surface area contributed by atoms with Crippen LogP contribution in [0.4, 0.5) is 11.4 Å². The molecular formula is C13H17ClN2OS. The van der Waals surface area contributed by atoms with E-state index in [1.54, 1.807) is 41.9 Å². The molecule has 5 heteroatoms. The number of carbonyl (C=O) groups excluding carboxylic acids is 1. The Kier molecular flexibility index (Phi) is 3.78. The van der Waals surface area contributed by atoms with Gasteiger partial charge in [-0.2, -0.15) is 0 Å². The number of nitrogens with two attached hydrogens (primary N) is 1. The number of thioether (sulfide) groups is 1. The maximum Gasteiger partial charge on any atom is 0.242 e. The van der Waals surface area contributed by atoms with Gasteiger partial charge >= 0.3 is 0 Å². The zero-order valence-corrected chi connectivity index (χ0v) is 12.1. The Morgan fingerprint density at radius 1 is 1.56 bits per heavy atom. The van der Waals surface area contributed by atoms with Crippen molar-refractivity contribution in [1.82, 2.24) is 0 Å². The number of amides is 1. The summed E-state index contributed by atoms with van der Waals surface area (Å²) in [6.07, 6.45) is 2.01. The van der Waals surface area contributed by atoms with Crippen LogP contribution in [0.5, 0.6) is 0 Å². The van der Waals surface area contributed by atoms with E-state index in [-0.39, 0.29) is 10.7 Å². The van der Waals surface area contributed by atoms with Crippen molar-refractivity contribution in [2.45, 2.75) is 24.5 Å². The number of benzene rings is 1. The predicted molar refractivity (Wildman–Crippen MR) is 79.4 cm³/mol. The molecule has 0 saturated carbocycles. The van der Waals surface area contributed by atoms with Crippen LogP contribution in [-0.4, -0.2) is 23.5 Å². The van der Waals surface area contributed by atoms with Crippen LogP contribution in [0.2, 0.25) is 5.02 Å². The molecule has 1 fully saturated rings. The van der Waals surface area contributed by atoms with E-state index >= 15 is 0 Å². The van der Waals surface area contributed by atoms with E-state index in [4.69, 9.17) is 17.3 Å². The van der Waals surface area contributed by atoms with Gasteiger partial charge in [0.05, 0.1) is 16.1 Å². The Labute approximate surface area is 117 Å². The lowest BCUT2D eigenvalue weighted by Gasteiger charge is -2.29. The van der Waals surface area contributed by atoms with Crippen molar-refractivity contribution < 1.29 is 4.79 Å². The number of nitrogen functional groups attached to an aromatic ring is 1. The van der Waals surface area contributed by atoms with Crippen molar-refractivity contribution in [2.75, 3.05) is 23.4 Å². The molecule has 1 amide bonds. The SMILES string of the molecule is CN(C(=O)C1(C)CCCS1)c1cc(Cl)ccc1N. The molecule has 3 nitrogen and oxygen atoms in total. The Hall–Kier alpha value is -0.870. The molecule has 1 aliphatic heterocycles. The number of anilines is 2. The molecular weight excluding hydrogens is 268 g/mol. The highest BCUT2D eigenvalue weighted by atomic mass is 35.5. The van der Waals surface area contributed by atoms with E-state index in [1.165, 1.54) is 0 Å². The standard InChI is InChI=1S/C13H17ClN2OS/c1-13(6-3-7-18-13)12(17)16(2)11-8-9(14)4-5-10(11)15/h4-5,8H,3,6-7,15H2,1-2H3. The fourth-order valence-electron chi connectivity index (χ4n) is 2.22. The van der Waals surface area contributed by atoms with Gasteiger partial charge in [0, 0.05) is 12.1 Å². The average molecular weight is 285 g/mol. The molecule has 1 saturated heterocycles. The fraction of sp³-hybridized carbons (Fsp3) is 0.462. The summed E-state index contributed by atoms with van der Waals surface area (Å²) >= 11 is 7.68. The van der Waals surface area contributed by atoms with E-state index in [0.29, 0.717) is 16.4 Å². The molecule has 1 atom stereocenters. The lowest BCUT2D eigenvalue weighted by Crippen LogP contribution is -2.42. The molecule has 1 heterocycles. The molecule has 0 spiro atoms. The van der Waals surface area contributed by atoms with Gasteiger partial charge in [0.25, 0.3) is 0 Å². The topological polar surface area (TPSA) is 46.3 Å². The molecule has 1 unspecified atom stereocenters. The van der Waals surface area contributed by atoms with Gasteiger partial charge in [-0.3, -0.25) is 4.79 Å². The Morgan fingerprint density at radius 2 is 2.28 bits per heavy atom. The van der Waals surface area contributed by atoms with Gasteiger partial charge in [-0.1, -0.05) is 11.6 Å². The fourth-order valence-corrected chi connectivity index (χ4v) is 3.67. The lowest BCUT2D eigenvalue weighted by molar-refractivity contribution is -0.120. The van der Waals surface area contributed by atoms with Crippen LogP contribution in [0, 0.1) is 0 Å². The largest absolute Gasteiger partial charge is 0.397 e. The highest BCUT2D eigenvalue weighted by Crippen LogP contribution is 2.40. The minimum absolute atomic E-state index is 0.0963. The van der Waals surface area contributed by atoms with Crippen molar-refractivity contribution >= 4 is 40.6 Å². The van der Waals surface area contributed by atoms with Crippen LogP contribution in [0.3, 0.4) is 0 Å². The normalized spacial score (nSPS) is 23.1. The lowest BCUT2D eigenvalue weighted by atomic mass is 10.0. The van der Waals surface area contributed by atoms with E-state index in [2.05, 4.69) is 0 Å². The highest BCUT2D eigenvalue weighted by molar-refractivity contribution is 8.01. The minimum atomic E-state index is -0.330. The van der Waals surface area contributed by atoms with Crippen LogP contribution in [0.1, 0.15) is 19.8 Å². The van der Waals surface area contributed by atoms with Gasteiger partial charge in [-0.05, 0) is 43.7 Å². The summed E-state index contributed by atoms with van der Waals surface area (Å²) < 4.78 is -0.330. The van der Waals surface area contributed by atoms with Crippen molar-refractivity contribution in [3.8, 4) is 0 Å². The van der Waals surface area contributed by atoms with Crippen molar-refractivity contribution in [2.24, 2.45) is 0 Å². The third-order valence-corrected chi connectivity index (χ3v) is 5.07. The van der Waals surface area contributed by atoms with Gasteiger partial charge < -0.3 is 10.6 Å². The Morgan fingerprint density at radius 3 is 2.89 bits per heavy atom.